The molecule has 3 N–H and O–H groups in total. The van der Waals surface area contributed by atoms with Crippen molar-refractivity contribution in [1.29, 1.82) is 0 Å². The van der Waals surface area contributed by atoms with Crippen molar-refractivity contribution in [3.63, 3.8) is 0 Å². The highest BCUT2D eigenvalue weighted by Crippen LogP contribution is 2.25. The lowest BCUT2D eigenvalue weighted by Gasteiger charge is -2.20. The molecule has 1 amide bonds. The van der Waals surface area contributed by atoms with E-state index in [1.165, 1.54) is 39.2 Å². The lowest BCUT2D eigenvalue weighted by atomic mass is 9.96. The van der Waals surface area contributed by atoms with Gasteiger partial charge in [0.05, 0.1) is 30.6 Å². The van der Waals surface area contributed by atoms with E-state index in [0.29, 0.717) is 22.8 Å². The van der Waals surface area contributed by atoms with Crippen LogP contribution in [0.1, 0.15) is 42.5 Å². The zero-order valence-electron chi connectivity index (χ0n) is 17.8. The lowest BCUT2D eigenvalue weighted by molar-refractivity contribution is 0.102. The summed E-state index contributed by atoms with van der Waals surface area (Å²) in [6.45, 7) is 0. The molecule has 3 heterocycles. The molecule has 1 saturated carbocycles. The number of hydrogen-bond acceptors (Lipinski definition) is 6. The highest BCUT2D eigenvalue weighted by Gasteiger charge is 2.16. The molecule has 3 aromatic heterocycles. The number of hydrogen-bond donors (Lipinski definition) is 3. The molecule has 31 heavy (non-hydrogen) atoms. The van der Waals surface area contributed by atoms with Crippen LogP contribution in [0.4, 0.5) is 5.82 Å². The summed E-state index contributed by atoms with van der Waals surface area (Å²) in [6.07, 6.45) is 12.0. The third-order valence-corrected chi connectivity index (χ3v) is 5.54. The van der Waals surface area contributed by atoms with Gasteiger partial charge in [0.2, 0.25) is 0 Å². The summed E-state index contributed by atoms with van der Waals surface area (Å²) < 4.78 is 6.86. The molecule has 4 aromatic rings. The molecule has 1 aliphatic carbocycles. The number of carbonyl (C=O) groups excluding carboxylic acids is 1. The normalized spacial score (nSPS) is 14.3. The highest BCUT2D eigenvalue weighted by atomic mass is 16.5. The van der Waals surface area contributed by atoms with Crippen molar-refractivity contribution < 1.29 is 9.53 Å². The number of rotatable bonds is 4. The van der Waals surface area contributed by atoms with Crippen LogP contribution in [0.25, 0.3) is 16.6 Å². The van der Waals surface area contributed by atoms with Gasteiger partial charge in [-0.2, -0.15) is 14.7 Å². The van der Waals surface area contributed by atoms with Gasteiger partial charge in [-0.05, 0) is 38.1 Å². The smallest absolute Gasteiger partial charge is 0.260 e. The average Bonchev–Trinajstić information content (AvgIpc) is 3.45. The van der Waals surface area contributed by atoms with Crippen LogP contribution in [0.5, 0.6) is 5.75 Å². The summed E-state index contributed by atoms with van der Waals surface area (Å²) >= 11 is 0. The van der Waals surface area contributed by atoms with Crippen molar-refractivity contribution in [2.45, 2.75) is 38.1 Å². The number of nitrogens with one attached hydrogen (secondary N) is 3. The van der Waals surface area contributed by atoms with E-state index in [1.807, 2.05) is 0 Å². The molecule has 0 bridgehead atoms. The third-order valence-electron chi connectivity index (χ3n) is 5.54. The number of imidazole rings is 1. The number of ether oxygens (including phenoxy) is 1. The summed E-state index contributed by atoms with van der Waals surface area (Å²) in [4.78, 5) is 16.8. The Kier molecular flexibility index (Phi) is 6.42. The fraction of sp³-hybridized carbons (Fsp3) is 0.364. The molecule has 0 spiro atoms. The zero-order valence-corrected chi connectivity index (χ0v) is 17.8. The van der Waals surface area contributed by atoms with Gasteiger partial charge in [-0.25, -0.2) is 4.98 Å². The van der Waals surface area contributed by atoms with Gasteiger partial charge in [0.15, 0.2) is 11.5 Å². The second kappa shape index (κ2) is 9.57. The fourth-order valence-corrected chi connectivity index (χ4v) is 3.81. The monoisotopic (exact) mass is 421 g/mol. The molecule has 1 fully saturated rings. The average molecular weight is 422 g/mol. The first-order valence-corrected chi connectivity index (χ1v) is 10.5. The molecule has 1 aliphatic rings. The van der Waals surface area contributed by atoms with Crippen molar-refractivity contribution >= 4 is 28.3 Å². The Morgan fingerprint density at radius 1 is 1.23 bits per heavy atom. The molecule has 9 heteroatoms. The van der Waals surface area contributed by atoms with Crippen molar-refractivity contribution in [1.82, 2.24) is 30.1 Å². The topological polar surface area (TPSA) is 109 Å². The van der Waals surface area contributed by atoms with Crippen molar-refractivity contribution in [3.8, 4) is 5.75 Å². The minimum Gasteiger partial charge on any atom is -0.496 e. The number of H-pyrrole nitrogens is 1. The second-order valence-corrected chi connectivity index (χ2v) is 7.52. The van der Waals surface area contributed by atoms with E-state index >= 15 is 0 Å². The number of anilines is 1. The van der Waals surface area contributed by atoms with Gasteiger partial charge >= 0.3 is 0 Å². The van der Waals surface area contributed by atoms with Crippen LogP contribution in [0, 0.1) is 0 Å². The predicted molar refractivity (Wildman–Crippen MR) is 120 cm³/mol. The number of aromatic nitrogens is 5. The molecule has 0 aliphatic heterocycles. The van der Waals surface area contributed by atoms with E-state index in [4.69, 9.17) is 4.74 Å². The van der Waals surface area contributed by atoms with Crippen molar-refractivity contribution in [2.75, 3.05) is 19.5 Å². The van der Waals surface area contributed by atoms with E-state index in [1.54, 1.807) is 47.4 Å². The molecule has 0 saturated heterocycles. The van der Waals surface area contributed by atoms with E-state index in [2.05, 4.69) is 38.0 Å². The molecule has 1 aromatic carbocycles. The largest absolute Gasteiger partial charge is 0.496 e. The number of nitrogens with zero attached hydrogens (tertiary/aromatic N) is 4. The Hall–Kier alpha value is -3.46. The van der Waals surface area contributed by atoms with Gasteiger partial charge < -0.3 is 15.4 Å². The maximum Gasteiger partial charge on any atom is 0.260 e. The Morgan fingerprint density at radius 3 is 2.81 bits per heavy atom. The standard InChI is InChI=1S/C15H12N6O2.C7H15N/c1-23-12-6-11-9(7-17-20-11)5-10(12)15(22)19-14-8-16-13-3-2-4-18-21(13)14;1-8-7-5-3-2-4-6-7/h2-8H,1H3,(H,17,20)(H,19,22);7-8H,2-6H2,1H3. The van der Waals surface area contributed by atoms with Crippen LogP contribution in [-0.2, 0) is 0 Å². The summed E-state index contributed by atoms with van der Waals surface area (Å²) in [5.74, 6) is 0.637. The first kappa shape index (κ1) is 20.8. The number of carbonyl (C=O) groups is 1. The van der Waals surface area contributed by atoms with Crippen molar-refractivity contribution in [2.24, 2.45) is 0 Å². The Morgan fingerprint density at radius 2 is 2.06 bits per heavy atom. The molecular weight excluding hydrogens is 394 g/mol. The quantitative estimate of drug-likeness (QED) is 0.466. The van der Waals surface area contributed by atoms with E-state index in [9.17, 15) is 4.79 Å². The zero-order chi connectivity index (χ0) is 21.6. The van der Waals surface area contributed by atoms with Crippen LogP contribution in [0.15, 0.2) is 42.9 Å². The molecule has 5 rings (SSSR count). The Bertz CT molecular complexity index is 1160. The SMILES string of the molecule is CNC1CCCCC1.COc1cc2[nH]ncc2cc1C(=O)Nc1cnc2cccnn12. The minimum absolute atomic E-state index is 0.308. The lowest BCUT2D eigenvalue weighted by Crippen LogP contribution is -2.26. The number of methoxy groups -OCH3 is 1. The number of aromatic amines is 1. The van der Waals surface area contributed by atoms with Gasteiger partial charge in [-0.15, -0.1) is 0 Å². The van der Waals surface area contributed by atoms with Crippen LogP contribution in [0.2, 0.25) is 0 Å². The maximum atomic E-state index is 12.6. The first-order chi connectivity index (χ1) is 15.2. The van der Waals surface area contributed by atoms with E-state index in [-0.39, 0.29) is 5.91 Å². The predicted octanol–water partition coefficient (Wildman–Crippen LogP) is 3.41. The molecule has 162 valence electrons. The molecule has 9 nitrogen and oxygen atoms in total. The fourth-order valence-electron chi connectivity index (χ4n) is 3.81. The number of amides is 1. The molecule has 0 radical (unpaired) electrons. The highest BCUT2D eigenvalue weighted by molar-refractivity contribution is 6.08. The number of fused-ring (bicyclic) bond motifs is 2. The summed E-state index contributed by atoms with van der Waals surface area (Å²) in [6, 6.07) is 7.89. The van der Waals surface area contributed by atoms with Crippen LogP contribution >= 0.6 is 0 Å². The Balaban J connectivity index is 0.000000245. The maximum absolute atomic E-state index is 12.6. The minimum atomic E-state index is -0.308. The Labute approximate surface area is 180 Å². The van der Waals surface area contributed by atoms with Gasteiger partial charge in [0, 0.05) is 23.7 Å². The van der Waals surface area contributed by atoms with Gasteiger partial charge in [0.1, 0.15) is 5.75 Å². The number of benzene rings is 1. The van der Waals surface area contributed by atoms with E-state index in [0.717, 1.165) is 16.9 Å². The van der Waals surface area contributed by atoms with E-state index < -0.39 is 0 Å². The third kappa shape index (κ3) is 4.66. The molecule has 0 unspecified atom stereocenters. The van der Waals surface area contributed by atoms with Crippen LogP contribution in [-0.4, -0.2) is 50.9 Å². The van der Waals surface area contributed by atoms with Gasteiger partial charge in [0.25, 0.3) is 5.91 Å². The molecular formula is C22H27N7O2. The van der Waals surface area contributed by atoms with Gasteiger partial charge in [-0.3, -0.25) is 9.89 Å². The summed E-state index contributed by atoms with van der Waals surface area (Å²) in [5, 5.41) is 17.9. The van der Waals surface area contributed by atoms with Crippen LogP contribution in [0.3, 0.4) is 0 Å². The summed E-state index contributed by atoms with van der Waals surface area (Å²) in [5.41, 5.74) is 1.86. The molecule has 0 atom stereocenters. The van der Waals surface area contributed by atoms with Crippen molar-refractivity contribution in [3.05, 3.63) is 48.4 Å². The van der Waals surface area contributed by atoms with Gasteiger partial charge in [-0.1, -0.05) is 19.3 Å². The first-order valence-electron chi connectivity index (χ1n) is 10.5. The second-order valence-electron chi connectivity index (χ2n) is 7.52. The summed E-state index contributed by atoms with van der Waals surface area (Å²) in [7, 11) is 3.58. The van der Waals surface area contributed by atoms with Crippen LogP contribution < -0.4 is 15.4 Å².